The molecule has 2 atom stereocenters. The molecule has 0 radical (unpaired) electrons. The van der Waals surface area contributed by atoms with Crippen LogP contribution in [-0.4, -0.2) is 38.5 Å². The standard InChI is InChI=1S/C12H27NO2/c1-7-11(9-14-5)13-10(2)8-12(3,4)15-6/h10-11,13H,7-9H2,1-6H3. The molecular formula is C12H27NO2. The topological polar surface area (TPSA) is 30.5 Å². The fourth-order valence-electron chi connectivity index (χ4n) is 1.77. The lowest BCUT2D eigenvalue weighted by Gasteiger charge is -2.29. The summed E-state index contributed by atoms with van der Waals surface area (Å²) in [7, 11) is 3.51. The molecule has 0 saturated carbocycles. The van der Waals surface area contributed by atoms with E-state index in [9.17, 15) is 0 Å². The molecule has 0 aliphatic rings. The maximum Gasteiger partial charge on any atom is 0.0637 e. The molecule has 92 valence electrons. The average molecular weight is 217 g/mol. The van der Waals surface area contributed by atoms with E-state index < -0.39 is 0 Å². The number of nitrogens with one attached hydrogen (secondary N) is 1. The van der Waals surface area contributed by atoms with Gasteiger partial charge in [-0.05, 0) is 33.6 Å². The normalized spacial score (nSPS) is 16.4. The zero-order valence-corrected chi connectivity index (χ0v) is 11.1. The molecule has 0 bridgehead atoms. The zero-order valence-electron chi connectivity index (χ0n) is 11.1. The molecule has 0 heterocycles. The first-order valence-electron chi connectivity index (χ1n) is 5.75. The summed E-state index contributed by atoms with van der Waals surface area (Å²) in [5.41, 5.74) is -0.0578. The molecule has 3 nitrogen and oxygen atoms in total. The lowest BCUT2D eigenvalue weighted by molar-refractivity contribution is 0.00658. The second kappa shape index (κ2) is 7.20. The molecule has 0 amide bonds. The van der Waals surface area contributed by atoms with Gasteiger partial charge in [-0.25, -0.2) is 0 Å². The third-order valence-electron chi connectivity index (χ3n) is 2.73. The number of hydrogen-bond acceptors (Lipinski definition) is 3. The molecule has 0 aromatic carbocycles. The van der Waals surface area contributed by atoms with Crippen molar-refractivity contribution in [3.8, 4) is 0 Å². The van der Waals surface area contributed by atoms with Crippen molar-refractivity contribution in [2.45, 2.75) is 58.2 Å². The molecule has 0 aromatic heterocycles. The highest BCUT2D eigenvalue weighted by atomic mass is 16.5. The van der Waals surface area contributed by atoms with E-state index in [1.807, 2.05) is 0 Å². The molecule has 0 aliphatic heterocycles. The summed E-state index contributed by atoms with van der Waals surface area (Å²) >= 11 is 0. The Balaban J connectivity index is 3.94. The Morgan fingerprint density at radius 2 is 1.87 bits per heavy atom. The van der Waals surface area contributed by atoms with Gasteiger partial charge in [-0.3, -0.25) is 0 Å². The van der Waals surface area contributed by atoms with Crippen LogP contribution in [0.25, 0.3) is 0 Å². The van der Waals surface area contributed by atoms with E-state index in [0.717, 1.165) is 19.4 Å². The van der Waals surface area contributed by atoms with Crippen LogP contribution in [0, 0.1) is 0 Å². The largest absolute Gasteiger partial charge is 0.383 e. The minimum atomic E-state index is -0.0578. The van der Waals surface area contributed by atoms with Crippen LogP contribution in [0.4, 0.5) is 0 Å². The maximum atomic E-state index is 5.41. The smallest absolute Gasteiger partial charge is 0.0637 e. The summed E-state index contributed by atoms with van der Waals surface area (Å²) < 4.78 is 10.6. The van der Waals surface area contributed by atoms with E-state index in [4.69, 9.17) is 9.47 Å². The third kappa shape index (κ3) is 6.88. The van der Waals surface area contributed by atoms with Gasteiger partial charge in [0.1, 0.15) is 0 Å². The van der Waals surface area contributed by atoms with Crippen molar-refractivity contribution in [3.05, 3.63) is 0 Å². The molecule has 15 heavy (non-hydrogen) atoms. The van der Waals surface area contributed by atoms with Crippen molar-refractivity contribution in [3.63, 3.8) is 0 Å². The van der Waals surface area contributed by atoms with Gasteiger partial charge in [0.25, 0.3) is 0 Å². The van der Waals surface area contributed by atoms with Gasteiger partial charge in [-0.15, -0.1) is 0 Å². The van der Waals surface area contributed by atoms with E-state index >= 15 is 0 Å². The molecule has 0 rings (SSSR count). The summed E-state index contributed by atoms with van der Waals surface area (Å²) in [6.45, 7) is 9.36. The Kier molecular flexibility index (Phi) is 7.14. The van der Waals surface area contributed by atoms with E-state index in [0.29, 0.717) is 12.1 Å². The van der Waals surface area contributed by atoms with Gasteiger partial charge in [0.05, 0.1) is 12.2 Å². The number of ether oxygens (including phenoxy) is 2. The van der Waals surface area contributed by atoms with Crippen LogP contribution >= 0.6 is 0 Å². The van der Waals surface area contributed by atoms with Crippen molar-refractivity contribution in [1.82, 2.24) is 5.32 Å². The van der Waals surface area contributed by atoms with Gasteiger partial charge in [0.2, 0.25) is 0 Å². The highest BCUT2D eigenvalue weighted by molar-refractivity contribution is 4.78. The van der Waals surface area contributed by atoms with Crippen LogP contribution < -0.4 is 5.32 Å². The van der Waals surface area contributed by atoms with Crippen molar-refractivity contribution >= 4 is 0 Å². The molecule has 2 unspecified atom stereocenters. The predicted octanol–water partition coefficient (Wildman–Crippen LogP) is 2.20. The van der Waals surface area contributed by atoms with Crippen molar-refractivity contribution in [1.29, 1.82) is 0 Å². The fourth-order valence-corrected chi connectivity index (χ4v) is 1.77. The number of rotatable bonds is 8. The number of hydrogen-bond donors (Lipinski definition) is 1. The Morgan fingerprint density at radius 1 is 1.27 bits per heavy atom. The van der Waals surface area contributed by atoms with Crippen LogP contribution in [0.3, 0.4) is 0 Å². The second-order valence-corrected chi connectivity index (χ2v) is 4.80. The van der Waals surface area contributed by atoms with Gasteiger partial charge in [0.15, 0.2) is 0 Å². The fraction of sp³-hybridized carbons (Fsp3) is 1.00. The van der Waals surface area contributed by atoms with E-state index in [1.54, 1.807) is 14.2 Å². The van der Waals surface area contributed by atoms with Gasteiger partial charge in [-0.2, -0.15) is 0 Å². The predicted molar refractivity (Wildman–Crippen MR) is 64.3 cm³/mol. The quantitative estimate of drug-likeness (QED) is 0.676. The minimum Gasteiger partial charge on any atom is -0.383 e. The Labute approximate surface area is 94.5 Å². The average Bonchev–Trinajstić information content (AvgIpc) is 2.16. The van der Waals surface area contributed by atoms with Crippen LogP contribution in [0.5, 0.6) is 0 Å². The summed E-state index contributed by atoms with van der Waals surface area (Å²) in [5, 5.41) is 3.55. The molecule has 0 aromatic rings. The van der Waals surface area contributed by atoms with Crippen molar-refractivity contribution in [2.24, 2.45) is 0 Å². The summed E-state index contributed by atoms with van der Waals surface area (Å²) in [5.74, 6) is 0. The lowest BCUT2D eigenvalue weighted by Crippen LogP contribution is -2.42. The zero-order chi connectivity index (χ0) is 11.9. The van der Waals surface area contributed by atoms with E-state index in [2.05, 4.69) is 33.0 Å². The van der Waals surface area contributed by atoms with Gasteiger partial charge >= 0.3 is 0 Å². The van der Waals surface area contributed by atoms with E-state index in [-0.39, 0.29) is 5.60 Å². The van der Waals surface area contributed by atoms with Gasteiger partial charge < -0.3 is 14.8 Å². The van der Waals surface area contributed by atoms with Crippen LogP contribution in [0.15, 0.2) is 0 Å². The first-order valence-corrected chi connectivity index (χ1v) is 5.75. The van der Waals surface area contributed by atoms with Crippen LogP contribution in [0.1, 0.15) is 40.5 Å². The highest BCUT2D eigenvalue weighted by Gasteiger charge is 2.21. The lowest BCUT2D eigenvalue weighted by atomic mass is 9.99. The molecular weight excluding hydrogens is 190 g/mol. The molecule has 0 spiro atoms. The Hall–Kier alpha value is -0.120. The van der Waals surface area contributed by atoms with Gasteiger partial charge in [-0.1, -0.05) is 6.92 Å². The monoisotopic (exact) mass is 217 g/mol. The molecule has 1 N–H and O–H groups in total. The maximum absolute atomic E-state index is 5.41. The van der Waals surface area contributed by atoms with Crippen LogP contribution in [0.2, 0.25) is 0 Å². The van der Waals surface area contributed by atoms with Crippen molar-refractivity contribution < 1.29 is 9.47 Å². The number of methoxy groups -OCH3 is 2. The van der Waals surface area contributed by atoms with Crippen LogP contribution in [-0.2, 0) is 9.47 Å². The summed E-state index contributed by atoms with van der Waals surface area (Å²) in [6.07, 6.45) is 2.09. The molecule has 0 aliphatic carbocycles. The third-order valence-corrected chi connectivity index (χ3v) is 2.73. The molecule has 0 saturated heterocycles. The summed E-state index contributed by atoms with van der Waals surface area (Å²) in [6, 6.07) is 0.887. The minimum absolute atomic E-state index is 0.0578. The molecule has 0 fully saturated rings. The highest BCUT2D eigenvalue weighted by Crippen LogP contribution is 2.15. The molecule has 3 heteroatoms. The Bertz CT molecular complexity index is 160. The SMILES string of the molecule is CCC(COC)NC(C)CC(C)(C)OC. The first kappa shape index (κ1) is 14.9. The first-order chi connectivity index (χ1) is 6.95. The van der Waals surface area contributed by atoms with E-state index in [1.165, 1.54) is 0 Å². The van der Waals surface area contributed by atoms with Crippen molar-refractivity contribution in [2.75, 3.05) is 20.8 Å². The Morgan fingerprint density at radius 3 is 2.27 bits per heavy atom. The second-order valence-electron chi connectivity index (χ2n) is 4.80. The van der Waals surface area contributed by atoms with Gasteiger partial charge in [0, 0.05) is 26.3 Å². The summed E-state index contributed by atoms with van der Waals surface area (Å²) in [4.78, 5) is 0.